The number of hydrogen-bond acceptors (Lipinski definition) is 6. The van der Waals surface area contributed by atoms with Crippen LogP contribution in [0.25, 0.3) is 5.57 Å². The number of aliphatic hydroxyl groups excluding tert-OH is 1. The average molecular weight is 514 g/mol. The summed E-state index contributed by atoms with van der Waals surface area (Å²) >= 11 is 0. The summed E-state index contributed by atoms with van der Waals surface area (Å²) in [6.07, 6.45) is 2.22. The van der Waals surface area contributed by atoms with E-state index in [1.807, 2.05) is 23.2 Å². The number of hydrazone groups is 1. The normalized spacial score (nSPS) is 24.2. The SMILES string of the molecule is CC1(C(O)O)C=NN2C(C3CCCCC3)=C(c3cccc(OCc4cccc(C(F)(F)F)c4)c3)C=NC21. The zero-order valence-corrected chi connectivity index (χ0v) is 20.5. The summed E-state index contributed by atoms with van der Waals surface area (Å²) in [6.45, 7) is 1.73. The molecule has 1 aliphatic carbocycles. The van der Waals surface area contributed by atoms with Crippen LogP contribution in [0.5, 0.6) is 5.75 Å². The molecule has 2 N–H and O–H groups in total. The number of allylic oxidation sites excluding steroid dienone is 2. The average Bonchev–Trinajstić information content (AvgIpc) is 3.25. The van der Waals surface area contributed by atoms with Gasteiger partial charge in [-0.15, -0.1) is 0 Å². The van der Waals surface area contributed by atoms with Crippen LogP contribution in [0, 0.1) is 11.3 Å². The molecule has 37 heavy (non-hydrogen) atoms. The van der Waals surface area contributed by atoms with E-state index in [1.165, 1.54) is 12.5 Å². The molecule has 0 bridgehead atoms. The lowest BCUT2D eigenvalue weighted by Gasteiger charge is -2.40. The molecular weight excluding hydrogens is 483 g/mol. The number of ether oxygens (including phenoxy) is 1. The Hall–Kier alpha value is -3.17. The molecule has 2 aromatic rings. The van der Waals surface area contributed by atoms with E-state index in [-0.39, 0.29) is 12.5 Å². The van der Waals surface area contributed by atoms with Gasteiger partial charge in [0.1, 0.15) is 12.4 Å². The van der Waals surface area contributed by atoms with E-state index in [9.17, 15) is 23.4 Å². The van der Waals surface area contributed by atoms with Gasteiger partial charge in [-0.1, -0.05) is 43.5 Å². The molecule has 0 radical (unpaired) electrons. The van der Waals surface area contributed by atoms with E-state index in [4.69, 9.17) is 4.74 Å². The van der Waals surface area contributed by atoms with E-state index < -0.39 is 29.6 Å². The smallest absolute Gasteiger partial charge is 0.416 e. The van der Waals surface area contributed by atoms with Crippen molar-refractivity contribution in [2.45, 2.75) is 64.3 Å². The fourth-order valence-corrected chi connectivity index (χ4v) is 5.30. The summed E-state index contributed by atoms with van der Waals surface area (Å²) in [5.74, 6) is 0.782. The second-order valence-electron chi connectivity index (χ2n) is 10.1. The van der Waals surface area contributed by atoms with Crippen LogP contribution in [-0.4, -0.2) is 40.1 Å². The van der Waals surface area contributed by atoms with Crippen molar-refractivity contribution < 1.29 is 28.1 Å². The Morgan fingerprint density at radius 2 is 1.84 bits per heavy atom. The van der Waals surface area contributed by atoms with Crippen molar-refractivity contribution in [3.05, 3.63) is 70.9 Å². The van der Waals surface area contributed by atoms with Gasteiger partial charge in [-0.3, -0.25) is 4.99 Å². The highest BCUT2D eigenvalue weighted by molar-refractivity contribution is 6.12. The topological polar surface area (TPSA) is 77.7 Å². The zero-order valence-electron chi connectivity index (χ0n) is 20.5. The Kier molecular flexibility index (Phi) is 6.85. The molecule has 2 aromatic carbocycles. The van der Waals surface area contributed by atoms with Crippen LogP contribution in [0.4, 0.5) is 13.2 Å². The van der Waals surface area contributed by atoms with Gasteiger partial charge in [-0.2, -0.15) is 18.3 Å². The highest BCUT2D eigenvalue weighted by Crippen LogP contribution is 2.45. The lowest BCUT2D eigenvalue weighted by Crippen LogP contribution is -2.47. The maximum atomic E-state index is 13.1. The number of halogens is 3. The Balaban J connectivity index is 1.44. The Labute approximate surface area is 213 Å². The highest BCUT2D eigenvalue weighted by atomic mass is 19.4. The largest absolute Gasteiger partial charge is 0.489 e. The number of alkyl halides is 3. The lowest BCUT2D eigenvalue weighted by molar-refractivity contribution is -0.137. The van der Waals surface area contributed by atoms with Crippen molar-refractivity contribution in [3.63, 3.8) is 0 Å². The molecule has 1 fully saturated rings. The standard InChI is InChI=1S/C28H30F3N3O3/c1-27(26(35)36)17-33-34-24(19-8-3-2-4-9-19)23(15-32-25(27)34)20-10-6-12-22(14-20)37-16-18-7-5-11-21(13-18)28(29,30)31/h5-7,10-15,17,19,25-26,35-36H,2-4,8-9,16H2,1H3. The van der Waals surface area contributed by atoms with Crippen molar-refractivity contribution in [1.82, 2.24) is 5.01 Å². The minimum atomic E-state index is -4.41. The number of fused-ring (bicyclic) bond motifs is 1. The second kappa shape index (κ2) is 9.95. The number of nitrogens with zero attached hydrogens (tertiary/aromatic N) is 3. The van der Waals surface area contributed by atoms with Crippen molar-refractivity contribution >= 4 is 18.0 Å². The van der Waals surface area contributed by atoms with E-state index in [2.05, 4.69) is 10.1 Å². The van der Waals surface area contributed by atoms with Crippen LogP contribution in [0.15, 0.2) is 64.3 Å². The molecule has 9 heteroatoms. The number of benzene rings is 2. The number of aliphatic hydroxyl groups is 2. The van der Waals surface area contributed by atoms with Gasteiger partial charge in [0.25, 0.3) is 0 Å². The van der Waals surface area contributed by atoms with Crippen LogP contribution < -0.4 is 4.74 Å². The molecule has 0 aromatic heterocycles. The molecule has 6 nitrogen and oxygen atoms in total. The zero-order chi connectivity index (χ0) is 26.2. The molecule has 0 spiro atoms. The molecule has 2 heterocycles. The van der Waals surface area contributed by atoms with Gasteiger partial charge >= 0.3 is 6.18 Å². The molecule has 0 saturated heterocycles. The Bertz CT molecular complexity index is 1230. The molecule has 2 atom stereocenters. The van der Waals surface area contributed by atoms with Gasteiger partial charge < -0.3 is 14.9 Å². The van der Waals surface area contributed by atoms with Crippen molar-refractivity contribution in [2.75, 3.05) is 0 Å². The van der Waals surface area contributed by atoms with E-state index in [1.54, 1.807) is 31.5 Å². The van der Waals surface area contributed by atoms with Crippen LogP contribution in [0.1, 0.15) is 55.7 Å². The third-order valence-corrected chi connectivity index (χ3v) is 7.47. The summed E-state index contributed by atoms with van der Waals surface area (Å²) in [5.41, 5.74) is 1.45. The van der Waals surface area contributed by atoms with Crippen LogP contribution in [-0.2, 0) is 12.8 Å². The lowest BCUT2D eigenvalue weighted by atomic mass is 9.81. The number of aliphatic imine (C=N–C) groups is 1. The first-order valence-corrected chi connectivity index (χ1v) is 12.5. The van der Waals surface area contributed by atoms with E-state index in [0.29, 0.717) is 11.3 Å². The summed E-state index contributed by atoms with van der Waals surface area (Å²) in [6, 6.07) is 12.5. The quantitative estimate of drug-likeness (QED) is 0.493. The van der Waals surface area contributed by atoms with Gasteiger partial charge in [0, 0.05) is 23.9 Å². The minimum Gasteiger partial charge on any atom is -0.489 e. The third kappa shape index (κ3) is 5.02. The van der Waals surface area contributed by atoms with Crippen LogP contribution in [0.3, 0.4) is 0 Å². The number of hydrogen-bond donors (Lipinski definition) is 2. The van der Waals surface area contributed by atoms with Crippen LogP contribution >= 0.6 is 0 Å². The maximum Gasteiger partial charge on any atom is 0.416 e. The predicted octanol–water partition coefficient (Wildman–Crippen LogP) is 5.60. The first-order valence-electron chi connectivity index (χ1n) is 12.5. The fourth-order valence-electron chi connectivity index (χ4n) is 5.30. The van der Waals surface area contributed by atoms with Gasteiger partial charge in [0.15, 0.2) is 12.5 Å². The van der Waals surface area contributed by atoms with E-state index in [0.717, 1.165) is 54.6 Å². The molecule has 1 saturated carbocycles. The molecular formula is C28H30F3N3O3. The first-order chi connectivity index (χ1) is 17.7. The van der Waals surface area contributed by atoms with E-state index >= 15 is 0 Å². The summed E-state index contributed by atoms with van der Waals surface area (Å²) in [5, 5.41) is 26.5. The van der Waals surface area contributed by atoms with Crippen LogP contribution in [0.2, 0.25) is 0 Å². The highest BCUT2D eigenvalue weighted by Gasteiger charge is 2.50. The third-order valence-electron chi connectivity index (χ3n) is 7.47. The summed E-state index contributed by atoms with van der Waals surface area (Å²) in [4.78, 5) is 4.68. The molecule has 196 valence electrons. The summed E-state index contributed by atoms with van der Waals surface area (Å²) < 4.78 is 45.1. The minimum absolute atomic E-state index is 0.00122. The molecule has 0 amide bonds. The second-order valence-corrected chi connectivity index (χ2v) is 10.1. The van der Waals surface area contributed by atoms with Gasteiger partial charge in [-0.05, 0) is 55.2 Å². The maximum absolute atomic E-state index is 13.1. The van der Waals surface area contributed by atoms with Crippen molar-refractivity contribution in [2.24, 2.45) is 21.4 Å². The Morgan fingerprint density at radius 3 is 2.57 bits per heavy atom. The molecule has 5 rings (SSSR count). The van der Waals surface area contributed by atoms with Crippen molar-refractivity contribution in [1.29, 1.82) is 0 Å². The monoisotopic (exact) mass is 513 g/mol. The predicted molar refractivity (Wildman–Crippen MR) is 135 cm³/mol. The molecule has 2 unspecified atom stereocenters. The molecule has 3 aliphatic rings. The summed E-state index contributed by atoms with van der Waals surface area (Å²) in [7, 11) is 0. The van der Waals surface area contributed by atoms with Gasteiger partial charge in [0.2, 0.25) is 0 Å². The van der Waals surface area contributed by atoms with Gasteiger partial charge in [-0.25, -0.2) is 5.01 Å². The Morgan fingerprint density at radius 1 is 1.08 bits per heavy atom. The van der Waals surface area contributed by atoms with Crippen molar-refractivity contribution in [3.8, 4) is 5.75 Å². The number of rotatable bonds is 6. The van der Waals surface area contributed by atoms with Gasteiger partial charge in [0.05, 0.1) is 16.7 Å². The fraction of sp³-hybridized carbons (Fsp3) is 0.429. The first kappa shape index (κ1) is 25.5. The molecule has 2 aliphatic heterocycles.